The van der Waals surface area contributed by atoms with E-state index >= 15 is 0 Å². The van der Waals surface area contributed by atoms with Gasteiger partial charge in [-0.1, -0.05) is 54.1 Å². The zero-order valence-electron chi connectivity index (χ0n) is 17.5. The smallest absolute Gasteiger partial charge is 0.231 e. The Kier molecular flexibility index (Phi) is 9.44. The van der Waals surface area contributed by atoms with Crippen molar-refractivity contribution in [1.82, 2.24) is 9.80 Å². The first kappa shape index (κ1) is 23.5. The molecule has 1 aliphatic heterocycles. The fourth-order valence-corrected chi connectivity index (χ4v) is 3.28. The van der Waals surface area contributed by atoms with Crippen LogP contribution in [0, 0.1) is 12.7 Å². The molecule has 0 aliphatic carbocycles. The van der Waals surface area contributed by atoms with Gasteiger partial charge in [0, 0.05) is 38.6 Å². The molecule has 0 bridgehead atoms. The Morgan fingerprint density at radius 2 is 1.60 bits per heavy atom. The molecular formula is C23H31FN4O2. The van der Waals surface area contributed by atoms with Crippen LogP contribution < -0.4 is 11.5 Å². The molecule has 0 spiro atoms. The molecule has 4 N–H and O–H groups in total. The standard InChI is InChI=1S/C16H23FN4O2.C7H8/c17-14-4-2-1-3-12(14)9-13(18)10-16(23)21-7-5-20(6-8-21)11-15(19)22;1-7-5-3-2-4-6-7/h1-4,13H,5-11,18H2,(H2,19,22);2-6H,1H3/t13-;/m1./s1. The van der Waals surface area contributed by atoms with Gasteiger partial charge in [0.05, 0.1) is 6.54 Å². The normalized spacial score (nSPS) is 15.1. The van der Waals surface area contributed by atoms with E-state index in [4.69, 9.17) is 11.5 Å². The monoisotopic (exact) mass is 414 g/mol. The summed E-state index contributed by atoms with van der Waals surface area (Å²) in [6.45, 7) is 4.65. The van der Waals surface area contributed by atoms with Gasteiger partial charge in [-0.15, -0.1) is 0 Å². The lowest BCUT2D eigenvalue weighted by Gasteiger charge is -2.34. The minimum Gasteiger partial charge on any atom is -0.369 e. The van der Waals surface area contributed by atoms with Crippen molar-refractivity contribution >= 4 is 11.8 Å². The van der Waals surface area contributed by atoms with Crippen molar-refractivity contribution in [3.63, 3.8) is 0 Å². The van der Waals surface area contributed by atoms with Crippen LogP contribution in [-0.4, -0.2) is 60.4 Å². The summed E-state index contributed by atoms with van der Waals surface area (Å²) in [5.74, 6) is -0.695. The van der Waals surface area contributed by atoms with E-state index in [1.807, 2.05) is 23.1 Å². The highest BCUT2D eigenvalue weighted by Gasteiger charge is 2.23. The van der Waals surface area contributed by atoms with Crippen LogP contribution in [0.25, 0.3) is 0 Å². The topological polar surface area (TPSA) is 92.7 Å². The third-order valence-electron chi connectivity index (χ3n) is 4.92. The molecule has 30 heavy (non-hydrogen) atoms. The predicted molar refractivity (Wildman–Crippen MR) is 116 cm³/mol. The molecule has 2 aromatic carbocycles. The van der Waals surface area contributed by atoms with E-state index in [0.29, 0.717) is 38.2 Å². The van der Waals surface area contributed by atoms with E-state index < -0.39 is 6.04 Å². The molecule has 1 fully saturated rings. The van der Waals surface area contributed by atoms with Crippen LogP contribution in [0.2, 0.25) is 0 Å². The molecule has 0 unspecified atom stereocenters. The summed E-state index contributed by atoms with van der Waals surface area (Å²) in [6, 6.07) is 16.3. The van der Waals surface area contributed by atoms with Crippen LogP contribution in [0.1, 0.15) is 17.5 Å². The quantitative estimate of drug-likeness (QED) is 0.753. The van der Waals surface area contributed by atoms with Gasteiger partial charge in [0.1, 0.15) is 5.82 Å². The third-order valence-corrected chi connectivity index (χ3v) is 4.92. The Labute approximate surface area is 177 Å². The maximum absolute atomic E-state index is 13.6. The van der Waals surface area contributed by atoms with Crippen LogP contribution in [0.4, 0.5) is 4.39 Å². The predicted octanol–water partition coefficient (Wildman–Crippen LogP) is 1.71. The summed E-state index contributed by atoms with van der Waals surface area (Å²) in [7, 11) is 0. The van der Waals surface area contributed by atoms with Crippen molar-refractivity contribution in [2.75, 3.05) is 32.7 Å². The van der Waals surface area contributed by atoms with Gasteiger partial charge in [-0.25, -0.2) is 4.39 Å². The van der Waals surface area contributed by atoms with E-state index in [-0.39, 0.29) is 30.6 Å². The van der Waals surface area contributed by atoms with E-state index in [0.717, 1.165) is 0 Å². The summed E-state index contributed by atoms with van der Waals surface area (Å²) >= 11 is 0. The minimum absolute atomic E-state index is 0.0347. The second-order valence-corrected chi connectivity index (χ2v) is 7.54. The zero-order chi connectivity index (χ0) is 21.9. The van der Waals surface area contributed by atoms with E-state index in [1.165, 1.54) is 11.6 Å². The van der Waals surface area contributed by atoms with Gasteiger partial charge >= 0.3 is 0 Å². The van der Waals surface area contributed by atoms with Gasteiger partial charge in [0.2, 0.25) is 11.8 Å². The number of carbonyl (C=O) groups is 2. The number of hydrogen-bond acceptors (Lipinski definition) is 4. The highest BCUT2D eigenvalue weighted by molar-refractivity contribution is 5.77. The van der Waals surface area contributed by atoms with Crippen LogP contribution in [0.3, 0.4) is 0 Å². The Bertz CT molecular complexity index is 808. The molecule has 0 saturated carbocycles. The Hall–Kier alpha value is -2.77. The highest BCUT2D eigenvalue weighted by Crippen LogP contribution is 2.11. The lowest BCUT2D eigenvalue weighted by molar-refractivity contribution is -0.133. The van der Waals surface area contributed by atoms with Crippen LogP contribution in [-0.2, 0) is 16.0 Å². The van der Waals surface area contributed by atoms with Gasteiger partial charge in [0.25, 0.3) is 0 Å². The zero-order valence-corrected chi connectivity index (χ0v) is 17.5. The molecule has 6 nitrogen and oxygen atoms in total. The molecule has 0 aromatic heterocycles. The average molecular weight is 415 g/mol. The number of halogens is 1. The fraction of sp³-hybridized carbons (Fsp3) is 0.391. The van der Waals surface area contributed by atoms with Crippen molar-refractivity contribution in [3.8, 4) is 0 Å². The van der Waals surface area contributed by atoms with E-state index in [9.17, 15) is 14.0 Å². The Morgan fingerprint density at radius 3 is 2.13 bits per heavy atom. The number of hydrogen-bond donors (Lipinski definition) is 2. The maximum atomic E-state index is 13.6. The summed E-state index contributed by atoms with van der Waals surface area (Å²) < 4.78 is 13.6. The Morgan fingerprint density at radius 1 is 1.00 bits per heavy atom. The summed E-state index contributed by atoms with van der Waals surface area (Å²) in [5.41, 5.74) is 13.0. The molecule has 3 rings (SSSR count). The van der Waals surface area contributed by atoms with Crippen molar-refractivity contribution in [1.29, 1.82) is 0 Å². The number of carbonyl (C=O) groups excluding carboxylic acids is 2. The average Bonchev–Trinajstić information content (AvgIpc) is 2.71. The fourth-order valence-electron chi connectivity index (χ4n) is 3.28. The number of rotatable bonds is 6. The molecule has 162 valence electrons. The van der Waals surface area contributed by atoms with Crippen molar-refractivity contribution in [2.24, 2.45) is 11.5 Å². The van der Waals surface area contributed by atoms with Crippen LogP contribution in [0.15, 0.2) is 54.6 Å². The first-order valence-corrected chi connectivity index (χ1v) is 10.1. The minimum atomic E-state index is -0.414. The molecule has 1 heterocycles. The highest BCUT2D eigenvalue weighted by atomic mass is 19.1. The lowest BCUT2D eigenvalue weighted by Crippen LogP contribution is -2.51. The van der Waals surface area contributed by atoms with Gasteiger partial charge in [-0.3, -0.25) is 14.5 Å². The first-order valence-electron chi connectivity index (χ1n) is 10.1. The Balaban J connectivity index is 0.000000386. The summed E-state index contributed by atoms with van der Waals surface area (Å²) in [6.07, 6.45) is 0.518. The number of benzene rings is 2. The van der Waals surface area contributed by atoms with E-state index in [1.54, 1.807) is 23.1 Å². The molecular weight excluding hydrogens is 383 g/mol. The number of nitrogens with zero attached hydrogens (tertiary/aromatic N) is 2. The van der Waals surface area contributed by atoms with Crippen molar-refractivity contribution in [2.45, 2.75) is 25.8 Å². The number of aryl methyl sites for hydroxylation is 1. The number of primary amides is 1. The van der Waals surface area contributed by atoms with Crippen LogP contribution in [0.5, 0.6) is 0 Å². The maximum Gasteiger partial charge on any atom is 0.231 e. The number of nitrogens with two attached hydrogens (primary N) is 2. The molecule has 1 aliphatic rings. The second kappa shape index (κ2) is 12.0. The lowest BCUT2D eigenvalue weighted by atomic mass is 10.0. The largest absolute Gasteiger partial charge is 0.369 e. The van der Waals surface area contributed by atoms with Gasteiger partial charge in [0.15, 0.2) is 0 Å². The van der Waals surface area contributed by atoms with E-state index in [2.05, 4.69) is 19.1 Å². The van der Waals surface area contributed by atoms with Crippen LogP contribution >= 0.6 is 0 Å². The van der Waals surface area contributed by atoms with Gasteiger partial charge in [-0.2, -0.15) is 0 Å². The second-order valence-electron chi connectivity index (χ2n) is 7.54. The summed E-state index contributed by atoms with van der Waals surface area (Å²) in [5, 5.41) is 0. The number of piperazine rings is 1. The van der Waals surface area contributed by atoms with Crippen molar-refractivity contribution < 1.29 is 14.0 Å². The van der Waals surface area contributed by atoms with Gasteiger partial charge in [-0.05, 0) is 25.0 Å². The third kappa shape index (κ3) is 8.31. The summed E-state index contributed by atoms with van der Waals surface area (Å²) in [4.78, 5) is 26.8. The SMILES string of the molecule is Cc1ccccc1.NC(=O)CN1CCN(C(=O)C[C@H](N)Cc2ccccc2F)CC1. The van der Waals surface area contributed by atoms with Gasteiger partial charge < -0.3 is 16.4 Å². The molecule has 2 aromatic rings. The molecule has 1 atom stereocenters. The molecule has 2 amide bonds. The molecule has 1 saturated heterocycles. The molecule has 0 radical (unpaired) electrons. The van der Waals surface area contributed by atoms with Crippen molar-refractivity contribution in [3.05, 3.63) is 71.5 Å². The first-order chi connectivity index (χ1) is 14.3. The number of amides is 2. The molecule has 7 heteroatoms.